The minimum Gasteiger partial charge on any atom is -0.388 e. The van der Waals surface area contributed by atoms with Crippen LogP contribution in [0.1, 0.15) is 36.5 Å². The fourth-order valence-corrected chi connectivity index (χ4v) is 3.61. The van der Waals surface area contributed by atoms with E-state index in [1.807, 2.05) is 11.8 Å². The van der Waals surface area contributed by atoms with Crippen molar-refractivity contribution >= 4 is 11.8 Å². The van der Waals surface area contributed by atoms with Crippen LogP contribution in [-0.2, 0) is 6.18 Å². The normalized spacial score (nSPS) is 19.1. The fraction of sp³-hybridized carbons (Fsp3) is 0.571. The van der Waals surface area contributed by atoms with E-state index in [-0.39, 0.29) is 5.56 Å². The molecule has 1 N–H and O–H groups in total. The predicted molar refractivity (Wildman–Crippen MR) is 71.0 cm³/mol. The summed E-state index contributed by atoms with van der Waals surface area (Å²) in [6.45, 7) is 0. The minimum atomic E-state index is -4.70. The van der Waals surface area contributed by atoms with Crippen LogP contribution in [0.5, 0.6) is 0 Å². The molecule has 1 heterocycles. The van der Waals surface area contributed by atoms with Gasteiger partial charge >= 0.3 is 6.18 Å². The van der Waals surface area contributed by atoms with Gasteiger partial charge in [0, 0.05) is 0 Å². The third kappa shape index (κ3) is 3.88. The van der Waals surface area contributed by atoms with Gasteiger partial charge in [-0.2, -0.15) is 24.9 Å². The predicted octanol–water partition coefficient (Wildman–Crippen LogP) is 4.41. The number of alkyl halides is 3. The first-order valence-corrected chi connectivity index (χ1v) is 7.66. The summed E-state index contributed by atoms with van der Waals surface area (Å²) in [6, 6.07) is 2.66. The topological polar surface area (TPSA) is 20.2 Å². The van der Waals surface area contributed by atoms with E-state index in [1.54, 1.807) is 0 Å². The molecule has 6 heteroatoms. The van der Waals surface area contributed by atoms with Gasteiger partial charge in [0.1, 0.15) is 5.82 Å². The van der Waals surface area contributed by atoms with Crippen LogP contribution in [-0.4, -0.2) is 16.6 Å². The highest BCUT2D eigenvalue weighted by molar-refractivity contribution is 7.99. The molecule has 1 aliphatic heterocycles. The first-order valence-electron chi connectivity index (χ1n) is 6.50. The molecule has 0 spiro atoms. The highest BCUT2D eigenvalue weighted by atomic mass is 32.2. The lowest BCUT2D eigenvalue weighted by Crippen LogP contribution is -2.14. The van der Waals surface area contributed by atoms with Crippen molar-refractivity contribution in [2.45, 2.75) is 31.5 Å². The lowest BCUT2D eigenvalue weighted by atomic mass is 9.92. The van der Waals surface area contributed by atoms with Crippen molar-refractivity contribution in [2.75, 3.05) is 11.5 Å². The summed E-state index contributed by atoms with van der Waals surface area (Å²) in [7, 11) is 0. The van der Waals surface area contributed by atoms with Crippen molar-refractivity contribution in [3.05, 3.63) is 35.1 Å². The molecule has 1 saturated heterocycles. The number of hydrogen-bond donors (Lipinski definition) is 1. The van der Waals surface area contributed by atoms with E-state index in [4.69, 9.17) is 0 Å². The molecule has 112 valence electrons. The second-order valence-electron chi connectivity index (χ2n) is 5.04. The Morgan fingerprint density at radius 1 is 1.25 bits per heavy atom. The van der Waals surface area contributed by atoms with Crippen LogP contribution in [0.2, 0.25) is 0 Å². The molecular weight excluding hydrogens is 292 g/mol. The van der Waals surface area contributed by atoms with Gasteiger partial charge in [0.15, 0.2) is 0 Å². The molecular formula is C14H16F4OS. The van der Waals surface area contributed by atoms with E-state index < -0.39 is 23.7 Å². The first-order chi connectivity index (χ1) is 9.38. The van der Waals surface area contributed by atoms with Crippen molar-refractivity contribution in [1.29, 1.82) is 0 Å². The molecule has 1 atom stereocenters. The summed E-state index contributed by atoms with van der Waals surface area (Å²) in [5, 5.41) is 10.0. The van der Waals surface area contributed by atoms with Crippen LogP contribution >= 0.6 is 11.8 Å². The van der Waals surface area contributed by atoms with Crippen LogP contribution in [0.25, 0.3) is 0 Å². The van der Waals surface area contributed by atoms with Gasteiger partial charge < -0.3 is 5.11 Å². The Bertz CT molecular complexity index is 455. The van der Waals surface area contributed by atoms with Crippen LogP contribution in [0.4, 0.5) is 17.6 Å². The first kappa shape index (κ1) is 15.6. The monoisotopic (exact) mass is 308 g/mol. The largest absolute Gasteiger partial charge is 0.419 e. The molecule has 0 aromatic heterocycles. The van der Waals surface area contributed by atoms with E-state index in [9.17, 15) is 22.7 Å². The molecule has 1 unspecified atom stereocenters. The summed E-state index contributed by atoms with van der Waals surface area (Å²) in [4.78, 5) is 0. The maximum absolute atomic E-state index is 13.5. The lowest BCUT2D eigenvalue weighted by molar-refractivity contribution is -0.140. The lowest BCUT2D eigenvalue weighted by Gasteiger charge is -2.24. The molecule has 0 amide bonds. The van der Waals surface area contributed by atoms with Crippen molar-refractivity contribution in [3.8, 4) is 0 Å². The maximum atomic E-state index is 13.5. The summed E-state index contributed by atoms with van der Waals surface area (Å²) < 4.78 is 50.8. The van der Waals surface area contributed by atoms with Gasteiger partial charge in [-0.25, -0.2) is 4.39 Å². The molecule has 0 saturated carbocycles. The van der Waals surface area contributed by atoms with Gasteiger partial charge in [-0.1, -0.05) is 6.07 Å². The van der Waals surface area contributed by atoms with E-state index >= 15 is 0 Å². The fourth-order valence-electron chi connectivity index (χ4n) is 2.40. The average Bonchev–Trinajstić information content (AvgIpc) is 2.38. The third-order valence-electron chi connectivity index (χ3n) is 3.58. The molecule has 1 aromatic carbocycles. The van der Waals surface area contributed by atoms with E-state index in [1.165, 1.54) is 0 Å². The van der Waals surface area contributed by atoms with Crippen LogP contribution in [0.3, 0.4) is 0 Å². The van der Waals surface area contributed by atoms with Crippen LogP contribution in [0.15, 0.2) is 18.2 Å². The number of rotatable bonds is 3. The SMILES string of the molecule is OC(CC1CCSCC1)c1ccc(C(F)(F)F)c(F)c1. The van der Waals surface area contributed by atoms with Crippen LogP contribution < -0.4 is 0 Å². The number of aliphatic hydroxyl groups is 1. The molecule has 1 nitrogen and oxygen atoms in total. The second kappa shape index (κ2) is 6.35. The van der Waals surface area contributed by atoms with Gasteiger partial charge in [-0.05, 0) is 54.4 Å². The number of halogens is 4. The van der Waals surface area contributed by atoms with Gasteiger partial charge in [0.05, 0.1) is 11.7 Å². The third-order valence-corrected chi connectivity index (χ3v) is 4.63. The summed E-state index contributed by atoms with van der Waals surface area (Å²) in [6.07, 6.45) is -3.14. The van der Waals surface area contributed by atoms with Gasteiger partial charge in [0.2, 0.25) is 0 Å². The Morgan fingerprint density at radius 2 is 1.90 bits per heavy atom. The molecule has 2 rings (SSSR count). The Morgan fingerprint density at radius 3 is 2.45 bits per heavy atom. The summed E-state index contributed by atoms with van der Waals surface area (Å²) >= 11 is 1.86. The number of hydrogen-bond acceptors (Lipinski definition) is 2. The molecule has 1 fully saturated rings. The van der Waals surface area contributed by atoms with Crippen molar-refractivity contribution in [1.82, 2.24) is 0 Å². The van der Waals surface area contributed by atoms with Crippen molar-refractivity contribution in [2.24, 2.45) is 5.92 Å². The Kier molecular flexibility index (Phi) is 4.96. The minimum absolute atomic E-state index is 0.216. The summed E-state index contributed by atoms with van der Waals surface area (Å²) in [5.41, 5.74) is -1.07. The molecule has 1 aliphatic rings. The van der Waals surface area contributed by atoms with Crippen molar-refractivity contribution in [3.63, 3.8) is 0 Å². The Labute approximate surface area is 119 Å². The molecule has 20 heavy (non-hydrogen) atoms. The highest BCUT2D eigenvalue weighted by Crippen LogP contribution is 2.34. The zero-order valence-electron chi connectivity index (χ0n) is 10.8. The van der Waals surface area contributed by atoms with E-state index in [0.29, 0.717) is 18.4 Å². The average molecular weight is 308 g/mol. The molecule has 0 bridgehead atoms. The van der Waals surface area contributed by atoms with Gasteiger partial charge in [-0.3, -0.25) is 0 Å². The van der Waals surface area contributed by atoms with E-state index in [2.05, 4.69) is 0 Å². The van der Waals surface area contributed by atoms with Crippen LogP contribution in [0, 0.1) is 11.7 Å². The van der Waals surface area contributed by atoms with Gasteiger partial charge in [-0.15, -0.1) is 0 Å². The number of thioether (sulfide) groups is 1. The number of benzene rings is 1. The Hall–Kier alpha value is -0.750. The molecule has 0 radical (unpaired) electrons. The zero-order valence-corrected chi connectivity index (χ0v) is 11.6. The zero-order chi connectivity index (χ0) is 14.8. The van der Waals surface area contributed by atoms with Gasteiger partial charge in [0.25, 0.3) is 0 Å². The van der Waals surface area contributed by atoms with E-state index in [0.717, 1.165) is 36.5 Å². The Balaban J connectivity index is 2.06. The molecule has 1 aromatic rings. The second-order valence-corrected chi connectivity index (χ2v) is 6.27. The molecule has 0 aliphatic carbocycles. The standard InChI is InChI=1S/C14H16F4OS/c15-12-8-10(1-2-11(12)14(16,17)18)13(19)7-9-3-5-20-6-4-9/h1-2,8-9,13,19H,3-7H2. The highest BCUT2D eigenvalue weighted by Gasteiger charge is 2.34. The maximum Gasteiger partial charge on any atom is 0.419 e. The van der Waals surface area contributed by atoms with Crippen molar-refractivity contribution < 1.29 is 22.7 Å². The smallest absolute Gasteiger partial charge is 0.388 e. The quantitative estimate of drug-likeness (QED) is 0.835. The summed E-state index contributed by atoms with van der Waals surface area (Å²) in [5.74, 6) is 1.11. The number of aliphatic hydroxyl groups excluding tert-OH is 1.